The summed E-state index contributed by atoms with van der Waals surface area (Å²) in [4.78, 5) is 29.7. The van der Waals surface area contributed by atoms with Crippen LogP contribution in [0.25, 0.3) is 10.7 Å². The molecule has 0 aliphatic rings. The lowest BCUT2D eigenvalue weighted by molar-refractivity contribution is -0.111. The third-order valence-corrected chi connectivity index (χ3v) is 4.01. The number of thiophene rings is 1. The highest BCUT2D eigenvalue weighted by Gasteiger charge is 2.20. The molecule has 0 fully saturated rings. The Bertz CT molecular complexity index is 707. The van der Waals surface area contributed by atoms with Crippen molar-refractivity contribution in [1.82, 2.24) is 9.55 Å². The maximum Gasteiger partial charge on any atom is 0.345 e. The maximum absolute atomic E-state index is 12.7. The van der Waals surface area contributed by atoms with Gasteiger partial charge in [-0.15, -0.1) is 11.3 Å². The van der Waals surface area contributed by atoms with E-state index in [0.29, 0.717) is 5.82 Å². The Hall–Kier alpha value is -2.03. The summed E-state index contributed by atoms with van der Waals surface area (Å²) in [5, 5.41) is 1.88. The van der Waals surface area contributed by atoms with Crippen molar-refractivity contribution < 1.29 is 19.0 Å². The van der Waals surface area contributed by atoms with Crippen LogP contribution in [0.5, 0.6) is 0 Å². The van der Waals surface area contributed by atoms with Crippen molar-refractivity contribution in [3.8, 4) is 10.7 Å². The van der Waals surface area contributed by atoms with Gasteiger partial charge in [-0.2, -0.15) is 0 Å². The molecule has 0 spiro atoms. The zero-order valence-electron chi connectivity index (χ0n) is 13.1. The molecule has 0 unspecified atom stereocenters. The second-order valence-electron chi connectivity index (χ2n) is 4.51. The van der Waals surface area contributed by atoms with Crippen LogP contribution in [0, 0.1) is 0 Å². The molecule has 8 heteroatoms. The SMILES string of the molecule is CCOC(=O)c1cnc(-c2cccs2)n(CC(OC)OC)c1=O. The Labute approximate surface area is 137 Å². The zero-order valence-corrected chi connectivity index (χ0v) is 14.0. The molecular formula is C15H18N2O5S. The van der Waals surface area contributed by atoms with Gasteiger partial charge in [0.15, 0.2) is 12.1 Å². The lowest BCUT2D eigenvalue weighted by atomic mass is 10.3. The van der Waals surface area contributed by atoms with Crippen LogP contribution < -0.4 is 5.56 Å². The Morgan fingerprint density at radius 1 is 1.39 bits per heavy atom. The molecule has 0 saturated heterocycles. The lowest BCUT2D eigenvalue weighted by Crippen LogP contribution is -2.34. The van der Waals surface area contributed by atoms with Gasteiger partial charge in [-0.25, -0.2) is 9.78 Å². The van der Waals surface area contributed by atoms with Gasteiger partial charge in [-0.3, -0.25) is 9.36 Å². The fourth-order valence-corrected chi connectivity index (χ4v) is 2.74. The van der Waals surface area contributed by atoms with Gasteiger partial charge in [0, 0.05) is 20.4 Å². The lowest BCUT2D eigenvalue weighted by Gasteiger charge is -2.17. The van der Waals surface area contributed by atoms with Crippen molar-refractivity contribution in [2.24, 2.45) is 0 Å². The number of esters is 1. The Balaban J connectivity index is 2.54. The summed E-state index contributed by atoms with van der Waals surface area (Å²) < 4.78 is 16.6. The number of carbonyl (C=O) groups is 1. The summed E-state index contributed by atoms with van der Waals surface area (Å²) in [6, 6.07) is 3.71. The molecule has 2 aromatic rings. The quantitative estimate of drug-likeness (QED) is 0.565. The van der Waals surface area contributed by atoms with Crippen molar-refractivity contribution in [1.29, 1.82) is 0 Å². The molecule has 7 nitrogen and oxygen atoms in total. The van der Waals surface area contributed by atoms with E-state index in [9.17, 15) is 9.59 Å². The van der Waals surface area contributed by atoms with Gasteiger partial charge in [0.2, 0.25) is 0 Å². The first-order chi connectivity index (χ1) is 11.1. The molecule has 0 N–H and O–H groups in total. The summed E-state index contributed by atoms with van der Waals surface area (Å²) in [5.41, 5.74) is -0.598. The minimum absolute atomic E-state index is 0.110. The van der Waals surface area contributed by atoms with Crippen LogP contribution in [0.1, 0.15) is 17.3 Å². The van der Waals surface area contributed by atoms with E-state index in [1.807, 2.05) is 17.5 Å². The standard InChI is InChI=1S/C15H18N2O5S/c1-4-22-15(19)10-8-16-13(11-6-5-7-23-11)17(14(10)18)9-12(20-2)21-3/h5-8,12H,4,9H2,1-3H3. The van der Waals surface area contributed by atoms with Crippen LogP contribution in [0.15, 0.2) is 28.5 Å². The molecular weight excluding hydrogens is 320 g/mol. The van der Waals surface area contributed by atoms with Crippen LogP contribution in [0.4, 0.5) is 0 Å². The molecule has 0 aliphatic carbocycles. The van der Waals surface area contributed by atoms with E-state index >= 15 is 0 Å². The number of rotatable bonds is 7. The molecule has 2 aromatic heterocycles. The van der Waals surface area contributed by atoms with Gasteiger partial charge in [-0.1, -0.05) is 6.07 Å². The minimum Gasteiger partial charge on any atom is -0.462 e. The van der Waals surface area contributed by atoms with Crippen molar-refractivity contribution in [3.05, 3.63) is 39.6 Å². The van der Waals surface area contributed by atoms with Crippen LogP contribution in [-0.2, 0) is 20.8 Å². The predicted octanol–water partition coefficient (Wildman–Crippen LogP) is 1.77. The van der Waals surface area contributed by atoms with Crippen molar-refractivity contribution in [3.63, 3.8) is 0 Å². The first-order valence-electron chi connectivity index (χ1n) is 6.98. The fourth-order valence-electron chi connectivity index (χ4n) is 2.01. The molecule has 0 amide bonds. The van der Waals surface area contributed by atoms with Crippen LogP contribution in [-0.4, -0.2) is 42.6 Å². The first-order valence-corrected chi connectivity index (χ1v) is 7.86. The second kappa shape index (κ2) is 8.00. The van der Waals surface area contributed by atoms with Gasteiger partial charge >= 0.3 is 5.97 Å². The van der Waals surface area contributed by atoms with E-state index in [1.54, 1.807) is 6.92 Å². The first kappa shape index (κ1) is 17.3. The highest BCUT2D eigenvalue weighted by atomic mass is 32.1. The van der Waals surface area contributed by atoms with Gasteiger partial charge in [-0.05, 0) is 18.4 Å². The molecule has 0 atom stereocenters. The molecule has 0 aromatic carbocycles. The van der Waals surface area contributed by atoms with Crippen molar-refractivity contribution in [2.45, 2.75) is 19.8 Å². The molecule has 0 radical (unpaired) electrons. The average Bonchev–Trinajstić information content (AvgIpc) is 3.08. The number of nitrogens with zero attached hydrogens (tertiary/aromatic N) is 2. The largest absolute Gasteiger partial charge is 0.462 e. The number of methoxy groups -OCH3 is 2. The molecule has 2 rings (SSSR count). The van der Waals surface area contributed by atoms with E-state index in [4.69, 9.17) is 14.2 Å². The Kier molecular flexibility index (Phi) is 6.03. The Morgan fingerprint density at radius 2 is 2.13 bits per heavy atom. The number of aromatic nitrogens is 2. The molecule has 124 valence electrons. The number of hydrogen-bond acceptors (Lipinski definition) is 7. The normalized spacial score (nSPS) is 11.0. The van der Waals surface area contributed by atoms with Gasteiger partial charge < -0.3 is 14.2 Å². The van der Waals surface area contributed by atoms with E-state index in [-0.39, 0.29) is 18.7 Å². The molecule has 2 heterocycles. The fraction of sp³-hybridized carbons (Fsp3) is 0.400. The third-order valence-electron chi connectivity index (χ3n) is 3.14. The zero-order chi connectivity index (χ0) is 16.8. The number of carbonyl (C=O) groups excluding carboxylic acids is 1. The summed E-state index contributed by atoms with van der Waals surface area (Å²) in [6.07, 6.45) is 0.617. The average molecular weight is 338 g/mol. The van der Waals surface area contributed by atoms with E-state index in [1.165, 1.54) is 36.3 Å². The van der Waals surface area contributed by atoms with Gasteiger partial charge in [0.1, 0.15) is 5.56 Å². The van der Waals surface area contributed by atoms with Gasteiger partial charge in [0.25, 0.3) is 5.56 Å². The molecule has 23 heavy (non-hydrogen) atoms. The van der Waals surface area contributed by atoms with Crippen molar-refractivity contribution >= 4 is 17.3 Å². The van der Waals surface area contributed by atoms with Crippen molar-refractivity contribution in [2.75, 3.05) is 20.8 Å². The van der Waals surface area contributed by atoms with Crippen LogP contribution in [0.2, 0.25) is 0 Å². The van der Waals surface area contributed by atoms with E-state index in [0.717, 1.165) is 4.88 Å². The molecule has 0 aliphatic heterocycles. The predicted molar refractivity (Wildman–Crippen MR) is 85.6 cm³/mol. The monoisotopic (exact) mass is 338 g/mol. The summed E-state index contributed by atoms with van der Waals surface area (Å²) in [6.45, 7) is 1.97. The second-order valence-corrected chi connectivity index (χ2v) is 5.46. The van der Waals surface area contributed by atoms with Crippen LogP contribution >= 0.6 is 11.3 Å². The third kappa shape index (κ3) is 3.84. The summed E-state index contributed by atoms with van der Waals surface area (Å²) >= 11 is 1.45. The number of hydrogen-bond donors (Lipinski definition) is 0. The van der Waals surface area contributed by atoms with E-state index < -0.39 is 17.8 Å². The minimum atomic E-state index is -0.692. The maximum atomic E-state index is 12.7. The number of ether oxygens (including phenoxy) is 3. The summed E-state index contributed by atoms with van der Waals surface area (Å²) in [5.74, 6) is -0.236. The Morgan fingerprint density at radius 3 is 2.70 bits per heavy atom. The highest BCUT2D eigenvalue weighted by Crippen LogP contribution is 2.22. The summed E-state index contributed by atoms with van der Waals surface area (Å²) in [7, 11) is 2.96. The topological polar surface area (TPSA) is 79.7 Å². The van der Waals surface area contributed by atoms with E-state index in [2.05, 4.69) is 4.98 Å². The molecule has 0 saturated carbocycles. The van der Waals surface area contributed by atoms with Gasteiger partial charge in [0.05, 0.1) is 18.0 Å². The molecule has 0 bridgehead atoms. The smallest absolute Gasteiger partial charge is 0.345 e. The van der Waals surface area contributed by atoms with Crippen LogP contribution in [0.3, 0.4) is 0 Å². The highest BCUT2D eigenvalue weighted by molar-refractivity contribution is 7.13.